The highest BCUT2D eigenvalue weighted by molar-refractivity contribution is 9.11. The first-order valence-corrected chi connectivity index (χ1v) is 7.78. The lowest BCUT2D eigenvalue weighted by molar-refractivity contribution is 0.697. The summed E-state index contributed by atoms with van der Waals surface area (Å²) >= 11 is 8.29. The van der Waals surface area contributed by atoms with Crippen LogP contribution in [0.15, 0.2) is 51.9 Å². The molecule has 19 heavy (non-hydrogen) atoms. The van der Waals surface area contributed by atoms with Crippen LogP contribution in [0.2, 0.25) is 0 Å². The van der Waals surface area contributed by atoms with Crippen LogP contribution in [0.25, 0.3) is 16.3 Å². The Bertz CT molecular complexity index is 755. The van der Waals surface area contributed by atoms with Crippen molar-refractivity contribution < 1.29 is 0 Å². The zero-order valence-electron chi connectivity index (χ0n) is 10.4. The number of hydrogen-bond donors (Lipinski definition) is 1. The number of allylic oxidation sites excluding steroid dienone is 4. The third kappa shape index (κ3) is 1.73. The second-order valence-corrected chi connectivity index (χ2v) is 6.82. The molecule has 0 heterocycles. The number of halogens is 1. The summed E-state index contributed by atoms with van der Waals surface area (Å²) in [5.74, 6) is 0.632. The molecule has 0 amide bonds. The van der Waals surface area contributed by atoms with E-state index in [9.17, 15) is 0 Å². The molecule has 0 nitrogen and oxygen atoms in total. The smallest absolute Gasteiger partial charge is 0.0122 e. The van der Waals surface area contributed by atoms with E-state index in [2.05, 4.69) is 71.0 Å². The lowest BCUT2D eigenvalue weighted by Gasteiger charge is -2.16. The van der Waals surface area contributed by atoms with Gasteiger partial charge in [-0.1, -0.05) is 52.3 Å². The predicted octanol–water partition coefficient (Wildman–Crippen LogP) is 5.37. The fourth-order valence-corrected chi connectivity index (χ4v) is 4.25. The fourth-order valence-electron chi connectivity index (χ4n) is 3.38. The Balaban J connectivity index is 2.06. The van der Waals surface area contributed by atoms with Gasteiger partial charge in [-0.2, -0.15) is 0 Å². The third-order valence-corrected chi connectivity index (χ3v) is 5.14. The summed E-state index contributed by atoms with van der Waals surface area (Å²) < 4.78 is 1.31. The van der Waals surface area contributed by atoms with Crippen molar-refractivity contribution in [1.29, 1.82) is 0 Å². The van der Waals surface area contributed by atoms with Gasteiger partial charge < -0.3 is 0 Å². The molecule has 2 aromatic carbocycles. The summed E-state index contributed by atoms with van der Waals surface area (Å²) in [6.07, 6.45) is 6.75. The van der Waals surface area contributed by atoms with Crippen molar-refractivity contribution in [3.05, 3.63) is 58.1 Å². The van der Waals surface area contributed by atoms with Crippen LogP contribution >= 0.6 is 28.6 Å². The molecule has 1 atom stereocenters. The molecule has 0 fully saturated rings. The number of benzene rings is 2. The zero-order valence-corrected chi connectivity index (χ0v) is 12.8. The number of fused-ring (bicyclic) bond motifs is 5. The number of thiol groups is 1. The van der Waals surface area contributed by atoms with Gasteiger partial charge in [0, 0.05) is 4.90 Å². The second-order valence-electron chi connectivity index (χ2n) is 5.32. The minimum Gasteiger partial charge on any atom is -0.143 e. The minimum absolute atomic E-state index is 0.632. The molecule has 2 aromatic rings. The summed E-state index contributed by atoms with van der Waals surface area (Å²) in [6, 6.07) is 10.9. The van der Waals surface area contributed by atoms with Crippen molar-refractivity contribution in [2.24, 2.45) is 5.92 Å². The summed E-state index contributed by atoms with van der Waals surface area (Å²) in [4.78, 5) is 1.10. The molecule has 0 aliphatic heterocycles. The van der Waals surface area contributed by atoms with Crippen LogP contribution in [0.5, 0.6) is 0 Å². The molecule has 0 bridgehead atoms. The van der Waals surface area contributed by atoms with Crippen molar-refractivity contribution in [1.82, 2.24) is 0 Å². The topological polar surface area (TPSA) is 0 Å². The highest BCUT2D eigenvalue weighted by atomic mass is 79.9. The first kappa shape index (κ1) is 11.8. The van der Waals surface area contributed by atoms with E-state index < -0.39 is 0 Å². The van der Waals surface area contributed by atoms with Crippen LogP contribution in [0.1, 0.15) is 17.5 Å². The average Bonchev–Trinajstić information content (AvgIpc) is 2.76. The maximum Gasteiger partial charge on any atom is 0.0122 e. The zero-order chi connectivity index (χ0) is 13.0. The van der Waals surface area contributed by atoms with Crippen LogP contribution in [-0.4, -0.2) is 0 Å². The van der Waals surface area contributed by atoms with Crippen LogP contribution in [0.3, 0.4) is 0 Å². The molecule has 94 valence electrons. The maximum atomic E-state index is 4.66. The molecule has 1 unspecified atom stereocenters. The lowest BCUT2D eigenvalue weighted by Crippen LogP contribution is -2.01. The number of hydrogen-bond acceptors (Lipinski definition) is 1. The van der Waals surface area contributed by atoms with Gasteiger partial charge in [-0.05, 0) is 56.8 Å². The van der Waals surface area contributed by atoms with Gasteiger partial charge in [-0.3, -0.25) is 0 Å². The summed E-state index contributed by atoms with van der Waals surface area (Å²) in [7, 11) is 0. The molecule has 0 aromatic heterocycles. The van der Waals surface area contributed by atoms with E-state index in [0.29, 0.717) is 5.92 Å². The van der Waals surface area contributed by atoms with Crippen LogP contribution in [-0.2, 0) is 6.42 Å². The quantitative estimate of drug-likeness (QED) is 0.618. The van der Waals surface area contributed by atoms with Crippen LogP contribution in [0, 0.1) is 5.92 Å². The van der Waals surface area contributed by atoms with Gasteiger partial charge in [0.05, 0.1) is 0 Å². The SMILES string of the molecule is Sc1cc2c(c3ccccc13)C1=CC=C(Br)CC1C2. The van der Waals surface area contributed by atoms with Gasteiger partial charge in [0.2, 0.25) is 0 Å². The monoisotopic (exact) mass is 328 g/mol. The average molecular weight is 329 g/mol. The summed E-state index contributed by atoms with van der Waals surface area (Å²) in [5, 5.41) is 2.62. The van der Waals surface area contributed by atoms with E-state index >= 15 is 0 Å². The van der Waals surface area contributed by atoms with Crippen molar-refractivity contribution in [3.8, 4) is 0 Å². The Kier molecular flexibility index (Phi) is 2.64. The number of rotatable bonds is 0. The van der Waals surface area contributed by atoms with Crippen molar-refractivity contribution >= 4 is 44.9 Å². The van der Waals surface area contributed by atoms with Crippen molar-refractivity contribution in [2.75, 3.05) is 0 Å². The standard InChI is InChI=1S/C17H13BrS/c18-12-5-6-13-10(8-12)7-11-9-16(19)14-3-1-2-4-15(14)17(11)13/h1-6,9-10,19H,7-8H2. The Labute approximate surface area is 126 Å². The van der Waals surface area contributed by atoms with E-state index in [0.717, 1.165) is 17.7 Å². The lowest BCUT2D eigenvalue weighted by atomic mass is 9.91. The van der Waals surface area contributed by atoms with Gasteiger partial charge in [-0.25, -0.2) is 0 Å². The predicted molar refractivity (Wildman–Crippen MR) is 88.0 cm³/mol. The highest BCUT2D eigenvalue weighted by Gasteiger charge is 2.30. The summed E-state index contributed by atoms with van der Waals surface area (Å²) in [6.45, 7) is 0. The van der Waals surface area contributed by atoms with Crippen LogP contribution in [0.4, 0.5) is 0 Å². The molecule has 0 N–H and O–H groups in total. The third-order valence-electron chi connectivity index (χ3n) is 4.18. The van der Waals surface area contributed by atoms with Gasteiger partial charge in [0.25, 0.3) is 0 Å². The molecular weight excluding hydrogens is 316 g/mol. The second kappa shape index (κ2) is 4.26. The van der Waals surface area contributed by atoms with E-state index in [4.69, 9.17) is 0 Å². The van der Waals surface area contributed by atoms with Gasteiger partial charge in [0.1, 0.15) is 0 Å². The molecule has 0 saturated heterocycles. The minimum atomic E-state index is 0.632. The molecule has 2 aliphatic rings. The molecule has 2 heteroatoms. The first-order chi connectivity index (χ1) is 9.24. The van der Waals surface area contributed by atoms with Crippen LogP contribution < -0.4 is 0 Å². The molecule has 4 rings (SSSR count). The van der Waals surface area contributed by atoms with E-state index in [1.54, 1.807) is 0 Å². The summed E-state index contributed by atoms with van der Waals surface area (Å²) in [5.41, 5.74) is 4.41. The van der Waals surface area contributed by atoms with Gasteiger partial charge in [-0.15, -0.1) is 12.6 Å². The molecule has 0 radical (unpaired) electrons. The Morgan fingerprint density at radius 2 is 1.84 bits per heavy atom. The van der Waals surface area contributed by atoms with Gasteiger partial charge >= 0.3 is 0 Å². The first-order valence-electron chi connectivity index (χ1n) is 6.54. The normalized spacial score (nSPS) is 20.8. The maximum absolute atomic E-state index is 4.66. The van der Waals surface area contributed by atoms with E-state index in [1.807, 2.05) is 0 Å². The van der Waals surface area contributed by atoms with E-state index in [1.165, 1.54) is 32.0 Å². The highest BCUT2D eigenvalue weighted by Crippen LogP contribution is 2.47. The van der Waals surface area contributed by atoms with E-state index in [-0.39, 0.29) is 0 Å². The fraction of sp³-hybridized carbons (Fsp3) is 0.176. The van der Waals surface area contributed by atoms with Crippen molar-refractivity contribution in [2.45, 2.75) is 17.7 Å². The Morgan fingerprint density at radius 3 is 2.68 bits per heavy atom. The van der Waals surface area contributed by atoms with Gasteiger partial charge in [0.15, 0.2) is 0 Å². The Morgan fingerprint density at radius 1 is 1.05 bits per heavy atom. The Hall–Kier alpha value is -0.990. The largest absolute Gasteiger partial charge is 0.143 e. The molecule has 0 spiro atoms. The molecular formula is C17H13BrS. The molecule has 2 aliphatic carbocycles. The molecule has 0 saturated carbocycles. The van der Waals surface area contributed by atoms with Crippen molar-refractivity contribution in [3.63, 3.8) is 0 Å².